The Morgan fingerprint density at radius 3 is 2.23 bits per heavy atom. The fourth-order valence-corrected chi connectivity index (χ4v) is 3.23. The molecule has 1 aliphatic heterocycles. The van der Waals surface area contributed by atoms with E-state index in [2.05, 4.69) is 12.2 Å². The molecule has 2 amide bonds. The number of nitrogens with one attached hydrogen (secondary N) is 1. The molecule has 0 aliphatic carbocycles. The maximum atomic E-state index is 12.5. The van der Waals surface area contributed by atoms with E-state index >= 15 is 0 Å². The number of hydrogen-bond acceptors (Lipinski definition) is 2. The Balaban J connectivity index is 1.51. The van der Waals surface area contributed by atoms with Gasteiger partial charge in [0.15, 0.2) is 0 Å². The van der Waals surface area contributed by atoms with Crippen LogP contribution in [0, 0.1) is 5.92 Å². The summed E-state index contributed by atoms with van der Waals surface area (Å²) in [5.74, 6) is 0.653. The van der Waals surface area contributed by atoms with Gasteiger partial charge in [0, 0.05) is 30.8 Å². The third-order valence-electron chi connectivity index (χ3n) is 5.01. The van der Waals surface area contributed by atoms with Crippen molar-refractivity contribution in [3.05, 3.63) is 71.3 Å². The van der Waals surface area contributed by atoms with Crippen molar-refractivity contribution in [3.8, 4) is 0 Å². The van der Waals surface area contributed by atoms with Crippen molar-refractivity contribution in [2.75, 3.05) is 19.6 Å². The molecular formula is C22H26N2O2. The first kappa shape index (κ1) is 18.2. The standard InChI is InChI=1S/C22H26N2O2/c1-17-12-15-24(16-13-17)22(26)20-9-7-19(8-10-20)21(25)23-14-11-18-5-3-2-4-6-18/h2-10,17H,11-16H2,1H3,(H,23,25). The maximum absolute atomic E-state index is 12.5. The molecule has 1 aliphatic rings. The smallest absolute Gasteiger partial charge is 0.253 e. The van der Waals surface area contributed by atoms with Gasteiger partial charge in [0.1, 0.15) is 0 Å². The van der Waals surface area contributed by atoms with Crippen LogP contribution in [-0.2, 0) is 6.42 Å². The zero-order chi connectivity index (χ0) is 18.4. The Morgan fingerprint density at radius 2 is 1.58 bits per heavy atom. The summed E-state index contributed by atoms with van der Waals surface area (Å²) in [6.45, 7) is 4.46. The van der Waals surface area contributed by atoms with Crippen LogP contribution < -0.4 is 5.32 Å². The number of rotatable bonds is 5. The first-order valence-electron chi connectivity index (χ1n) is 9.35. The number of amides is 2. The highest BCUT2D eigenvalue weighted by Crippen LogP contribution is 2.18. The molecule has 0 bridgehead atoms. The van der Waals surface area contributed by atoms with Gasteiger partial charge in [-0.1, -0.05) is 37.3 Å². The Labute approximate surface area is 155 Å². The van der Waals surface area contributed by atoms with Crippen molar-refractivity contribution in [1.82, 2.24) is 10.2 Å². The molecule has 3 rings (SSSR count). The Kier molecular flexibility index (Phi) is 6.05. The van der Waals surface area contributed by atoms with Crippen LogP contribution >= 0.6 is 0 Å². The summed E-state index contributed by atoms with van der Waals surface area (Å²) in [6.07, 6.45) is 2.93. The lowest BCUT2D eigenvalue weighted by molar-refractivity contribution is 0.0696. The first-order chi connectivity index (χ1) is 12.6. The van der Waals surface area contributed by atoms with E-state index in [1.807, 2.05) is 35.2 Å². The van der Waals surface area contributed by atoms with Gasteiger partial charge in [-0.05, 0) is 55.0 Å². The summed E-state index contributed by atoms with van der Waals surface area (Å²) in [6, 6.07) is 17.1. The van der Waals surface area contributed by atoms with Gasteiger partial charge >= 0.3 is 0 Å². The lowest BCUT2D eigenvalue weighted by Crippen LogP contribution is -2.37. The third-order valence-corrected chi connectivity index (χ3v) is 5.01. The molecule has 1 N–H and O–H groups in total. The van der Waals surface area contributed by atoms with E-state index in [9.17, 15) is 9.59 Å². The highest BCUT2D eigenvalue weighted by atomic mass is 16.2. The fourth-order valence-electron chi connectivity index (χ4n) is 3.23. The molecular weight excluding hydrogens is 324 g/mol. The first-order valence-corrected chi connectivity index (χ1v) is 9.35. The second-order valence-corrected chi connectivity index (χ2v) is 7.04. The molecule has 2 aromatic rings. The van der Waals surface area contributed by atoms with E-state index in [-0.39, 0.29) is 11.8 Å². The number of likely N-dealkylation sites (tertiary alicyclic amines) is 1. The summed E-state index contributed by atoms with van der Waals surface area (Å²) in [5, 5.41) is 2.93. The van der Waals surface area contributed by atoms with Crippen molar-refractivity contribution in [2.24, 2.45) is 5.92 Å². The minimum Gasteiger partial charge on any atom is -0.352 e. The lowest BCUT2D eigenvalue weighted by Gasteiger charge is -2.30. The SMILES string of the molecule is CC1CCN(C(=O)c2ccc(C(=O)NCCc3ccccc3)cc2)CC1. The van der Waals surface area contributed by atoms with E-state index in [4.69, 9.17) is 0 Å². The highest BCUT2D eigenvalue weighted by molar-refractivity contribution is 5.97. The molecule has 136 valence electrons. The van der Waals surface area contributed by atoms with E-state index in [0.717, 1.165) is 32.4 Å². The summed E-state index contributed by atoms with van der Waals surface area (Å²) >= 11 is 0. The van der Waals surface area contributed by atoms with Gasteiger partial charge in [-0.3, -0.25) is 9.59 Å². The predicted molar refractivity (Wildman–Crippen MR) is 103 cm³/mol. The normalized spacial score (nSPS) is 14.9. The van der Waals surface area contributed by atoms with Crippen molar-refractivity contribution < 1.29 is 9.59 Å². The number of hydrogen-bond donors (Lipinski definition) is 1. The van der Waals surface area contributed by atoms with Gasteiger partial charge in [-0.15, -0.1) is 0 Å². The molecule has 4 nitrogen and oxygen atoms in total. The molecule has 2 aromatic carbocycles. The third kappa shape index (κ3) is 4.72. The van der Waals surface area contributed by atoms with Crippen molar-refractivity contribution >= 4 is 11.8 Å². The molecule has 26 heavy (non-hydrogen) atoms. The highest BCUT2D eigenvalue weighted by Gasteiger charge is 2.21. The predicted octanol–water partition coefficient (Wildman–Crippen LogP) is 3.53. The molecule has 0 aromatic heterocycles. The minimum absolute atomic E-state index is 0.0629. The number of carbonyl (C=O) groups excluding carboxylic acids is 2. The number of carbonyl (C=O) groups is 2. The van der Waals surface area contributed by atoms with Gasteiger partial charge in [0.2, 0.25) is 0 Å². The molecule has 0 atom stereocenters. The van der Waals surface area contributed by atoms with E-state index in [1.54, 1.807) is 24.3 Å². The van der Waals surface area contributed by atoms with Crippen LogP contribution in [0.4, 0.5) is 0 Å². The maximum Gasteiger partial charge on any atom is 0.253 e. The fraction of sp³-hybridized carbons (Fsp3) is 0.364. The topological polar surface area (TPSA) is 49.4 Å². The largest absolute Gasteiger partial charge is 0.352 e. The second-order valence-electron chi connectivity index (χ2n) is 7.04. The molecule has 0 spiro atoms. The Hall–Kier alpha value is -2.62. The summed E-state index contributed by atoms with van der Waals surface area (Å²) < 4.78 is 0. The van der Waals surface area contributed by atoms with Crippen molar-refractivity contribution in [1.29, 1.82) is 0 Å². The average molecular weight is 350 g/mol. The monoisotopic (exact) mass is 350 g/mol. The molecule has 1 saturated heterocycles. The van der Waals surface area contributed by atoms with Gasteiger partial charge in [-0.25, -0.2) is 0 Å². The summed E-state index contributed by atoms with van der Waals surface area (Å²) in [5.41, 5.74) is 2.44. The quantitative estimate of drug-likeness (QED) is 0.897. The van der Waals surface area contributed by atoms with Crippen LogP contribution in [0.2, 0.25) is 0 Å². The summed E-state index contributed by atoms with van der Waals surface area (Å²) in [4.78, 5) is 26.7. The van der Waals surface area contributed by atoms with Crippen LogP contribution in [0.15, 0.2) is 54.6 Å². The Morgan fingerprint density at radius 1 is 0.962 bits per heavy atom. The number of piperidine rings is 1. The van der Waals surface area contributed by atoms with Gasteiger partial charge in [0.05, 0.1) is 0 Å². The molecule has 0 radical (unpaired) electrons. The van der Waals surface area contributed by atoms with Gasteiger partial charge in [-0.2, -0.15) is 0 Å². The molecule has 0 unspecified atom stereocenters. The van der Waals surface area contributed by atoms with Crippen LogP contribution in [0.5, 0.6) is 0 Å². The van der Waals surface area contributed by atoms with E-state index in [1.165, 1.54) is 5.56 Å². The number of nitrogens with zero attached hydrogens (tertiary/aromatic N) is 1. The van der Waals surface area contributed by atoms with E-state index in [0.29, 0.717) is 23.6 Å². The molecule has 0 saturated carbocycles. The molecule has 1 heterocycles. The van der Waals surface area contributed by atoms with E-state index < -0.39 is 0 Å². The van der Waals surface area contributed by atoms with Crippen LogP contribution in [0.3, 0.4) is 0 Å². The molecule has 4 heteroatoms. The van der Waals surface area contributed by atoms with Gasteiger partial charge in [0.25, 0.3) is 11.8 Å². The zero-order valence-electron chi connectivity index (χ0n) is 15.3. The van der Waals surface area contributed by atoms with Gasteiger partial charge < -0.3 is 10.2 Å². The van der Waals surface area contributed by atoms with Crippen LogP contribution in [0.1, 0.15) is 46.0 Å². The van der Waals surface area contributed by atoms with Crippen molar-refractivity contribution in [2.45, 2.75) is 26.2 Å². The van der Waals surface area contributed by atoms with Crippen LogP contribution in [0.25, 0.3) is 0 Å². The molecule has 1 fully saturated rings. The average Bonchev–Trinajstić information content (AvgIpc) is 2.69. The minimum atomic E-state index is -0.105. The zero-order valence-corrected chi connectivity index (χ0v) is 15.3. The van der Waals surface area contributed by atoms with Crippen LogP contribution in [-0.4, -0.2) is 36.3 Å². The Bertz CT molecular complexity index is 732. The second kappa shape index (κ2) is 8.65. The summed E-state index contributed by atoms with van der Waals surface area (Å²) in [7, 11) is 0. The number of benzene rings is 2. The lowest BCUT2D eigenvalue weighted by atomic mass is 9.98. The van der Waals surface area contributed by atoms with Crippen molar-refractivity contribution in [3.63, 3.8) is 0 Å².